The molecule has 0 saturated heterocycles. The van der Waals surface area contributed by atoms with Gasteiger partial charge in [-0.1, -0.05) is 35.8 Å². The van der Waals surface area contributed by atoms with Crippen LogP contribution in [0, 0.1) is 11.7 Å². The standard InChI is InChI=1S/C16H26BrFN2/c1-11(2)8-14(10-20(4)5)19-12(3)15-7-6-13(18)9-16(15)17/h6-7,9,11-12,14,19H,8,10H2,1-5H3. The third-order valence-corrected chi connectivity index (χ3v) is 3.94. The number of nitrogens with zero attached hydrogens (tertiary/aromatic N) is 1. The van der Waals surface area contributed by atoms with Crippen LogP contribution in [0.2, 0.25) is 0 Å². The number of rotatable bonds is 7. The number of hydrogen-bond donors (Lipinski definition) is 1. The number of hydrogen-bond acceptors (Lipinski definition) is 2. The van der Waals surface area contributed by atoms with Crippen molar-refractivity contribution in [3.8, 4) is 0 Å². The molecular weight excluding hydrogens is 319 g/mol. The zero-order valence-electron chi connectivity index (χ0n) is 13.1. The molecule has 0 heterocycles. The molecule has 0 aliphatic rings. The highest BCUT2D eigenvalue weighted by Gasteiger charge is 2.17. The van der Waals surface area contributed by atoms with E-state index in [1.807, 2.05) is 6.07 Å². The summed E-state index contributed by atoms with van der Waals surface area (Å²) < 4.78 is 14.0. The molecular formula is C16H26BrFN2. The topological polar surface area (TPSA) is 15.3 Å². The van der Waals surface area contributed by atoms with Crippen LogP contribution in [0.1, 0.15) is 38.8 Å². The normalized spacial score (nSPS) is 14.8. The van der Waals surface area contributed by atoms with E-state index >= 15 is 0 Å². The van der Waals surface area contributed by atoms with E-state index in [0.29, 0.717) is 12.0 Å². The minimum absolute atomic E-state index is 0.189. The van der Waals surface area contributed by atoms with E-state index in [2.05, 4.69) is 61.0 Å². The van der Waals surface area contributed by atoms with E-state index in [4.69, 9.17) is 0 Å². The summed E-state index contributed by atoms with van der Waals surface area (Å²) in [5.41, 5.74) is 1.10. The molecule has 1 aromatic rings. The van der Waals surface area contributed by atoms with E-state index < -0.39 is 0 Å². The Morgan fingerprint density at radius 1 is 1.25 bits per heavy atom. The first-order chi connectivity index (χ1) is 9.29. The molecule has 0 aliphatic heterocycles. The van der Waals surface area contributed by atoms with Crippen LogP contribution in [-0.2, 0) is 0 Å². The van der Waals surface area contributed by atoms with E-state index in [-0.39, 0.29) is 11.9 Å². The summed E-state index contributed by atoms with van der Waals surface area (Å²) in [5.74, 6) is 0.441. The van der Waals surface area contributed by atoms with Crippen LogP contribution in [-0.4, -0.2) is 31.6 Å². The van der Waals surface area contributed by atoms with E-state index in [1.54, 1.807) is 0 Å². The molecule has 0 aromatic heterocycles. The first-order valence-corrected chi connectivity index (χ1v) is 7.94. The van der Waals surface area contributed by atoms with Gasteiger partial charge in [-0.3, -0.25) is 0 Å². The molecule has 1 N–H and O–H groups in total. The molecule has 0 fully saturated rings. The molecule has 0 spiro atoms. The average molecular weight is 345 g/mol. The molecule has 114 valence electrons. The second-order valence-electron chi connectivity index (χ2n) is 6.14. The monoisotopic (exact) mass is 344 g/mol. The van der Waals surface area contributed by atoms with Gasteiger partial charge in [-0.2, -0.15) is 0 Å². The fraction of sp³-hybridized carbons (Fsp3) is 0.625. The van der Waals surface area contributed by atoms with Crippen molar-refractivity contribution < 1.29 is 4.39 Å². The van der Waals surface area contributed by atoms with Gasteiger partial charge in [0.15, 0.2) is 0 Å². The summed E-state index contributed by atoms with van der Waals surface area (Å²) in [6, 6.07) is 5.50. The van der Waals surface area contributed by atoms with Gasteiger partial charge in [-0.25, -0.2) is 4.39 Å². The van der Waals surface area contributed by atoms with Crippen molar-refractivity contribution in [2.24, 2.45) is 5.92 Å². The largest absolute Gasteiger partial charge is 0.308 e. The minimum atomic E-state index is -0.208. The van der Waals surface area contributed by atoms with Gasteiger partial charge in [0.2, 0.25) is 0 Å². The fourth-order valence-corrected chi connectivity index (χ4v) is 3.20. The summed E-state index contributed by atoms with van der Waals surface area (Å²) >= 11 is 3.45. The predicted molar refractivity (Wildman–Crippen MR) is 87.4 cm³/mol. The minimum Gasteiger partial charge on any atom is -0.308 e. The molecule has 0 radical (unpaired) electrons. The summed E-state index contributed by atoms with van der Waals surface area (Å²) in [5, 5.41) is 3.66. The molecule has 4 heteroatoms. The Balaban J connectivity index is 2.75. The van der Waals surface area contributed by atoms with Crippen molar-refractivity contribution in [3.63, 3.8) is 0 Å². The van der Waals surface area contributed by atoms with Gasteiger partial charge in [0.25, 0.3) is 0 Å². The molecule has 2 atom stereocenters. The third kappa shape index (κ3) is 5.90. The average Bonchev–Trinajstić information content (AvgIpc) is 2.26. The lowest BCUT2D eigenvalue weighted by atomic mass is 10.0. The van der Waals surface area contributed by atoms with Gasteiger partial charge in [-0.05, 0) is 51.1 Å². The van der Waals surface area contributed by atoms with Crippen LogP contribution in [0.5, 0.6) is 0 Å². The maximum atomic E-state index is 13.2. The lowest BCUT2D eigenvalue weighted by Gasteiger charge is -2.28. The van der Waals surface area contributed by atoms with Gasteiger partial charge >= 0.3 is 0 Å². The molecule has 2 unspecified atom stereocenters. The van der Waals surface area contributed by atoms with Gasteiger partial charge in [-0.15, -0.1) is 0 Å². The fourth-order valence-electron chi connectivity index (χ4n) is 2.50. The maximum absolute atomic E-state index is 13.2. The van der Waals surface area contributed by atoms with Gasteiger partial charge < -0.3 is 10.2 Å². The molecule has 1 rings (SSSR count). The molecule has 0 aliphatic carbocycles. The highest BCUT2D eigenvalue weighted by atomic mass is 79.9. The van der Waals surface area contributed by atoms with Crippen molar-refractivity contribution in [1.29, 1.82) is 0 Å². The SMILES string of the molecule is CC(C)CC(CN(C)C)NC(C)c1ccc(F)cc1Br. The zero-order valence-corrected chi connectivity index (χ0v) is 14.7. The summed E-state index contributed by atoms with van der Waals surface area (Å²) in [6.07, 6.45) is 1.13. The predicted octanol–water partition coefficient (Wildman–Crippen LogP) is 4.22. The Bertz CT molecular complexity index is 411. The molecule has 2 nitrogen and oxygen atoms in total. The van der Waals surface area contributed by atoms with E-state index in [1.165, 1.54) is 12.1 Å². The van der Waals surface area contributed by atoms with Crippen molar-refractivity contribution in [2.75, 3.05) is 20.6 Å². The molecule has 0 saturated carbocycles. The van der Waals surface area contributed by atoms with Crippen LogP contribution < -0.4 is 5.32 Å². The second-order valence-corrected chi connectivity index (χ2v) is 7.00. The Labute approximate surface area is 130 Å². The summed E-state index contributed by atoms with van der Waals surface area (Å²) in [6.45, 7) is 7.61. The van der Waals surface area contributed by atoms with Crippen LogP contribution in [0.15, 0.2) is 22.7 Å². The van der Waals surface area contributed by atoms with Crippen molar-refractivity contribution in [1.82, 2.24) is 10.2 Å². The number of halogens is 2. The maximum Gasteiger partial charge on any atom is 0.124 e. The molecule has 1 aromatic carbocycles. The first-order valence-electron chi connectivity index (χ1n) is 7.15. The number of likely N-dealkylation sites (N-methyl/N-ethyl adjacent to an activating group) is 1. The van der Waals surface area contributed by atoms with Crippen LogP contribution >= 0.6 is 15.9 Å². The van der Waals surface area contributed by atoms with E-state index in [0.717, 1.165) is 23.0 Å². The zero-order chi connectivity index (χ0) is 15.3. The summed E-state index contributed by atoms with van der Waals surface area (Å²) in [7, 11) is 4.18. The van der Waals surface area contributed by atoms with Gasteiger partial charge in [0, 0.05) is 23.1 Å². The first kappa shape index (κ1) is 17.6. The molecule has 20 heavy (non-hydrogen) atoms. The Hall–Kier alpha value is -0.450. The lowest BCUT2D eigenvalue weighted by Crippen LogP contribution is -2.40. The number of nitrogens with one attached hydrogen (secondary N) is 1. The lowest BCUT2D eigenvalue weighted by molar-refractivity contribution is 0.290. The number of benzene rings is 1. The summed E-state index contributed by atoms with van der Waals surface area (Å²) in [4.78, 5) is 2.20. The Morgan fingerprint density at radius 2 is 1.90 bits per heavy atom. The van der Waals surface area contributed by atoms with Crippen molar-refractivity contribution >= 4 is 15.9 Å². The highest BCUT2D eigenvalue weighted by molar-refractivity contribution is 9.10. The quantitative estimate of drug-likeness (QED) is 0.796. The van der Waals surface area contributed by atoms with Crippen molar-refractivity contribution in [3.05, 3.63) is 34.1 Å². The van der Waals surface area contributed by atoms with Crippen molar-refractivity contribution in [2.45, 2.75) is 39.3 Å². The Kier molecular flexibility index (Phi) is 7.13. The molecule has 0 bridgehead atoms. The van der Waals surface area contributed by atoms with Crippen LogP contribution in [0.4, 0.5) is 4.39 Å². The van der Waals surface area contributed by atoms with Crippen LogP contribution in [0.3, 0.4) is 0 Å². The second kappa shape index (κ2) is 8.11. The van der Waals surface area contributed by atoms with Gasteiger partial charge in [0.1, 0.15) is 5.82 Å². The third-order valence-electron chi connectivity index (χ3n) is 3.26. The molecule has 0 amide bonds. The smallest absolute Gasteiger partial charge is 0.124 e. The van der Waals surface area contributed by atoms with Crippen LogP contribution in [0.25, 0.3) is 0 Å². The van der Waals surface area contributed by atoms with E-state index in [9.17, 15) is 4.39 Å². The Morgan fingerprint density at radius 3 is 2.40 bits per heavy atom. The van der Waals surface area contributed by atoms with Gasteiger partial charge in [0.05, 0.1) is 0 Å². The highest BCUT2D eigenvalue weighted by Crippen LogP contribution is 2.25.